The Morgan fingerprint density at radius 1 is 1.11 bits per heavy atom. The van der Waals surface area contributed by atoms with Gasteiger partial charge in [-0.2, -0.15) is 0 Å². The summed E-state index contributed by atoms with van der Waals surface area (Å²) in [5.41, 5.74) is 2.06. The second-order valence-electron chi connectivity index (χ2n) is 6.88. The van der Waals surface area contributed by atoms with E-state index in [-0.39, 0.29) is 5.43 Å². The molecule has 0 saturated heterocycles. The van der Waals surface area contributed by atoms with Crippen LogP contribution in [0.1, 0.15) is 29.7 Å². The number of rotatable bonds is 6. The Labute approximate surface area is 158 Å². The van der Waals surface area contributed by atoms with Crippen molar-refractivity contribution in [3.8, 4) is 11.5 Å². The lowest BCUT2D eigenvalue weighted by Gasteiger charge is -2.13. The summed E-state index contributed by atoms with van der Waals surface area (Å²) in [5.74, 6) is 2.63. The third-order valence-electron chi connectivity index (χ3n) is 4.87. The van der Waals surface area contributed by atoms with Crippen molar-refractivity contribution in [2.24, 2.45) is 5.92 Å². The van der Waals surface area contributed by atoms with Crippen LogP contribution in [0.2, 0.25) is 0 Å². The second-order valence-corrected chi connectivity index (χ2v) is 6.88. The topological polar surface area (TPSA) is 48.7 Å². The van der Waals surface area contributed by atoms with E-state index in [9.17, 15) is 4.79 Å². The molecule has 0 bridgehead atoms. The molecule has 4 nitrogen and oxygen atoms in total. The summed E-state index contributed by atoms with van der Waals surface area (Å²) in [6.45, 7) is 2.49. The van der Waals surface area contributed by atoms with Gasteiger partial charge in [0.1, 0.15) is 11.3 Å². The molecular weight excluding hydrogens is 340 g/mol. The zero-order chi connectivity index (χ0) is 18.8. The molecule has 0 spiro atoms. The van der Waals surface area contributed by atoms with E-state index in [0.29, 0.717) is 40.6 Å². The predicted octanol–water partition coefficient (Wildman–Crippen LogP) is 5.07. The molecule has 138 valence electrons. The van der Waals surface area contributed by atoms with Crippen molar-refractivity contribution in [2.45, 2.75) is 19.8 Å². The van der Waals surface area contributed by atoms with Crippen molar-refractivity contribution < 1.29 is 13.9 Å². The average molecular weight is 362 g/mol. The third kappa shape index (κ3) is 3.61. The predicted molar refractivity (Wildman–Crippen MR) is 107 cm³/mol. The second kappa shape index (κ2) is 7.31. The number of benzene rings is 2. The van der Waals surface area contributed by atoms with Crippen LogP contribution < -0.4 is 14.9 Å². The zero-order valence-corrected chi connectivity index (χ0v) is 15.5. The van der Waals surface area contributed by atoms with Crippen LogP contribution in [-0.4, -0.2) is 13.7 Å². The Balaban J connectivity index is 1.71. The van der Waals surface area contributed by atoms with E-state index >= 15 is 0 Å². The van der Waals surface area contributed by atoms with Crippen molar-refractivity contribution >= 4 is 23.1 Å². The number of para-hydroxylation sites is 2. The molecule has 0 N–H and O–H groups in total. The minimum absolute atomic E-state index is 0.00708. The van der Waals surface area contributed by atoms with Gasteiger partial charge in [-0.3, -0.25) is 4.79 Å². The summed E-state index contributed by atoms with van der Waals surface area (Å²) < 4.78 is 17.4. The van der Waals surface area contributed by atoms with Gasteiger partial charge in [-0.25, -0.2) is 0 Å². The van der Waals surface area contributed by atoms with Crippen LogP contribution in [0.3, 0.4) is 0 Å². The Kier molecular flexibility index (Phi) is 4.71. The van der Waals surface area contributed by atoms with Gasteiger partial charge in [0.25, 0.3) is 0 Å². The van der Waals surface area contributed by atoms with E-state index in [0.717, 1.165) is 11.3 Å². The molecule has 1 saturated carbocycles. The third-order valence-corrected chi connectivity index (χ3v) is 4.87. The van der Waals surface area contributed by atoms with Crippen LogP contribution in [0.5, 0.6) is 11.5 Å². The Bertz CT molecular complexity index is 1060. The Morgan fingerprint density at radius 2 is 1.93 bits per heavy atom. The molecule has 1 aromatic heterocycles. The molecule has 4 heteroatoms. The van der Waals surface area contributed by atoms with Crippen LogP contribution in [-0.2, 0) is 0 Å². The summed E-state index contributed by atoms with van der Waals surface area (Å²) in [5, 5.41) is 0.599. The van der Waals surface area contributed by atoms with E-state index < -0.39 is 0 Å². The normalized spacial score (nSPS) is 14.0. The summed E-state index contributed by atoms with van der Waals surface area (Å²) in [6, 6.07) is 13.1. The Hall–Kier alpha value is -3.01. The first-order chi connectivity index (χ1) is 13.2. The first kappa shape index (κ1) is 17.4. The first-order valence-corrected chi connectivity index (χ1v) is 9.17. The van der Waals surface area contributed by atoms with Gasteiger partial charge in [-0.1, -0.05) is 24.3 Å². The smallest absolute Gasteiger partial charge is 0.196 e. The number of ether oxygens (including phenoxy) is 2. The average Bonchev–Trinajstić information content (AvgIpc) is 3.52. The van der Waals surface area contributed by atoms with Gasteiger partial charge in [-0.05, 0) is 56.0 Å². The maximum atomic E-state index is 12.6. The van der Waals surface area contributed by atoms with Crippen LogP contribution in [0, 0.1) is 12.8 Å². The maximum absolute atomic E-state index is 12.6. The lowest BCUT2D eigenvalue weighted by molar-refractivity contribution is 0.280. The van der Waals surface area contributed by atoms with Crippen LogP contribution in [0.15, 0.2) is 51.7 Å². The van der Waals surface area contributed by atoms with Gasteiger partial charge in [0.15, 0.2) is 16.9 Å². The highest BCUT2D eigenvalue weighted by Crippen LogP contribution is 2.36. The van der Waals surface area contributed by atoms with Crippen LogP contribution in [0.4, 0.5) is 0 Å². The van der Waals surface area contributed by atoms with Gasteiger partial charge in [-0.15, -0.1) is 0 Å². The quantitative estimate of drug-likeness (QED) is 0.614. The molecule has 1 aliphatic rings. The largest absolute Gasteiger partial charge is 0.493 e. The first-order valence-electron chi connectivity index (χ1n) is 9.17. The van der Waals surface area contributed by atoms with E-state index in [2.05, 4.69) is 0 Å². The molecule has 27 heavy (non-hydrogen) atoms. The van der Waals surface area contributed by atoms with Gasteiger partial charge in [0.05, 0.1) is 19.1 Å². The molecule has 0 amide bonds. The fourth-order valence-corrected chi connectivity index (χ4v) is 3.04. The molecule has 0 aliphatic heterocycles. The number of methoxy groups -OCH3 is 1. The maximum Gasteiger partial charge on any atom is 0.196 e. The lowest BCUT2D eigenvalue weighted by Crippen LogP contribution is -2.07. The van der Waals surface area contributed by atoms with E-state index in [1.54, 1.807) is 20.1 Å². The molecule has 0 unspecified atom stereocenters. The van der Waals surface area contributed by atoms with Crippen molar-refractivity contribution in [1.29, 1.82) is 0 Å². The van der Waals surface area contributed by atoms with Crippen molar-refractivity contribution in [2.75, 3.05) is 13.7 Å². The lowest BCUT2D eigenvalue weighted by atomic mass is 10.1. The molecule has 2 aromatic carbocycles. The SMILES string of the molecule is COc1cccc(C=Cc2oc3ccccc3c(=O)c2C)c1OCC1CC1. The molecule has 1 aliphatic carbocycles. The summed E-state index contributed by atoms with van der Waals surface area (Å²) in [6.07, 6.45) is 6.18. The van der Waals surface area contributed by atoms with Crippen molar-refractivity contribution in [1.82, 2.24) is 0 Å². The molecule has 1 heterocycles. The van der Waals surface area contributed by atoms with Gasteiger partial charge < -0.3 is 13.9 Å². The summed E-state index contributed by atoms with van der Waals surface area (Å²) in [4.78, 5) is 12.6. The number of fused-ring (bicyclic) bond motifs is 1. The molecule has 4 rings (SSSR count). The van der Waals surface area contributed by atoms with Gasteiger partial charge in [0.2, 0.25) is 0 Å². The van der Waals surface area contributed by atoms with Crippen molar-refractivity contribution in [3.63, 3.8) is 0 Å². The standard InChI is InChI=1S/C23H22O4/c1-15-19(27-20-8-4-3-7-18(20)22(15)24)13-12-17-6-5-9-21(25-2)23(17)26-14-16-10-11-16/h3-9,12-13,16H,10-11,14H2,1-2H3. The highest BCUT2D eigenvalue weighted by molar-refractivity contribution is 5.80. The minimum atomic E-state index is -0.00708. The van der Waals surface area contributed by atoms with Gasteiger partial charge >= 0.3 is 0 Å². The highest BCUT2D eigenvalue weighted by atomic mass is 16.5. The Morgan fingerprint density at radius 3 is 2.70 bits per heavy atom. The zero-order valence-electron chi connectivity index (χ0n) is 15.5. The van der Waals surface area contributed by atoms with Crippen LogP contribution in [0.25, 0.3) is 23.1 Å². The van der Waals surface area contributed by atoms with E-state index in [1.807, 2.05) is 48.6 Å². The van der Waals surface area contributed by atoms with Crippen molar-refractivity contribution in [3.05, 3.63) is 69.6 Å². The molecule has 0 radical (unpaired) electrons. The molecule has 0 atom stereocenters. The summed E-state index contributed by atoms with van der Waals surface area (Å²) in [7, 11) is 1.64. The fourth-order valence-electron chi connectivity index (χ4n) is 3.04. The highest BCUT2D eigenvalue weighted by Gasteiger charge is 2.23. The van der Waals surface area contributed by atoms with E-state index in [1.165, 1.54) is 12.8 Å². The minimum Gasteiger partial charge on any atom is -0.493 e. The van der Waals surface area contributed by atoms with Gasteiger partial charge in [0, 0.05) is 11.1 Å². The van der Waals surface area contributed by atoms with E-state index in [4.69, 9.17) is 13.9 Å². The number of hydrogen-bond donors (Lipinski definition) is 0. The molecular formula is C23H22O4. The number of hydrogen-bond acceptors (Lipinski definition) is 4. The van der Waals surface area contributed by atoms with Crippen LogP contribution >= 0.6 is 0 Å². The summed E-state index contributed by atoms with van der Waals surface area (Å²) >= 11 is 0. The molecule has 3 aromatic rings. The molecule has 1 fully saturated rings. The fraction of sp³-hybridized carbons (Fsp3) is 0.261. The monoisotopic (exact) mass is 362 g/mol.